The van der Waals surface area contributed by atoms with Gasteiger partial charge in [-0.1, -0.05) is 60.7 Å². The Bertz CT molecular complexity index is 710. The van der Waals surface area contributed by atoms with Gasteiger partial charge in [-0.15, -0.1) is 0 Å². The van der Waals surface area contributed by atoms with Crippen LogP contribution in [0.15, 0.2) is 60.7 Å². The van der Waals surface area contributed by atoms with Crippen LogP contribution in [0.1, 0.15) is 0 Å². The molecule has 2 aromatic rings. The SMILES string of the molecule is C[Si](N[Si](C)(OCC(F)(F)F)c1ccccc1)(OCC(F)(F)F)c1ccccc1. The Morgan fingerprint density at radius 1 is 0.655 bits per heavy atom. The summed E-state index contributed by atoms with van der Waals surface area (Å²) in [6, 6.07) is 16.3. The summed E-state index contributed by atoms with van der Waals surface area (Å²) in [7, 11) is -7.10. The Kier molecular flexibility index (Phi) is 7.33. The second-order valence-electron chi connectivity index (χ2n) is 6.73. The molecule has 160 valence electrons. The van der Waals surface area contributed by atoms with E-state index < -0.39 is 42.5 Å². The maximum absolute atomic E-state index is 12.9. The molecule has 0 saturated heterocycles. The van der Waals surface area contributed by atoms with E-state index in [4.69, 9.17) is 8.85 Å². The molecule has 0 aliphatic carbocycles. The summed E-state index contributed by atoms with van der Waals surface area (Å²) < 4.78 is 90.8. The third kappa shape index (κ3) is 7.26. The van der Waals surface area contributed by atoms with E-state index in [-0.39, 0.29) is 0 Å². The molecule has 0 spiro atoms. The first kappa shape index (κ1) is 23.6. The summed E-state index contributed by atoms with van der Waals surface area (Å²) in [4.78, 5) is 0. The Balaban J connectivity index is 2.43. The van der Waals surface area contributed by atoms with Crippen LogP contribution < -0.4 is 15.0 Å². The lowest BCUT2D eigenvalue weighted by Crippen LogP contribution is -2.75. The molecule has 0 aromatic heterocycles. The van der Waals surface area contributed by atoms with Gasteiger partial charge in [-0.25, -0.2) is 0 Å². The number of benzene rings is 2. The molecule has 2 atom stereocenters. The van der Waals surface area contributed by atoms with E-state index in [1.54, 1.807) is 60.7 Å². The molecule has 0 bridgehead atoms. The maximum Gasteiger partial charge on any atom is 0.410 e. The van der Waals surface area contributed by atoms with Crippen molar-refractivity contribution in [2.75, 3.05) is 13.2 Å². The highest BCUT2D eigenvalue weighted by atomic mass is 28.4. The lowest BCUT2D eigenvalue weighted by molar-refractivity contribution is -0.156. The molecule has 0 aliphatic heterocycles. The van der Waals surface area contributed by atoms with Crippen LogP contribution in [0.3, 0.4) is 0 Å². The molecule has 1 N–H and O–H groups in total. The largest absolute Gasteiger partial charge is 0.410 e. The normalized spacial score (nSPS) is 16.8. The predicted octanol–water partition coefficient (Wildman–Crippen LogP) is 3.69. The Morgan fingerprint density at radius 2 is 0.966 bits per heavy atom. The molecule has 0 heterocycles. The van der Waals surface area contributed by atoms with Crippen molar-refractivity contribution in [1.29, 1.82) is 0 Å². The summed E-state index contributed by atoms with van der Waals surface area (Å²) >= 11 is 0. The smallest absolute Gasteiger partial charge is 0.391 e. The average molecular weight is 454 g/mol. The summed E-state index contributed by atoms with van der Waals surface area (Å²) in [6.45, 7) is -0.0647. The summed E-state index contributed by atoms with van der Waals surface area (Å²) in [5, 5.41) is 0.934. The number of hydrogen-bond donors (Lipinski definition) is 1. The molecule has 2 unspecified atom stereocenters. The van der Waals surface area contributed by atoms with Gasteiger partial charge in [0.1, 0.15) is 13.2 Å². The van der Waals surface area contributed by atoms with Crippen LogP contribution in [0.5, 0.6) is 0 Å². The Labute approximate surface area is 167 Å². The molecule has 3 nitrogen and oxygen atoms in total. The zero-order valence-corrected chi connectivity index (χ0v) is 17.8. The third-order valence-corrected chi connectivity index (χ3v) is 12.3. The van der Waals surface area contributed by atoms with Crippen molar-refractivity contribution in [3.8, 4) is 0 Å². The molecule has 2 rings (SSSR count). The molecule has 0 saturated carbocycles. The van der Waals surface area contributed by atoms with Gasteiger partial charge in [0.15, 0.2) is 0 Å². The second-order valence-corrected chi connectivity index (χ2v) is 13.6. The monoisotopic (exact) mass is 453 g/mol. The number of halogens is 6. The van der Waals surface area contributed by atoms with Crippen molar-refractivity contribution in [3.63, 3.8) is 0 Å². The highest BCUT2D eigenvalue weighted by molar-refractivity contribution is 6.98. The summed E-state index contributed by atoms with van der Waals surface area (Å²) in [6.07, 6.45) is -9.16. The molecule has 0 fully saturated rings. The minimum Gasteiger partial charge on any atom is -0.391 e. The number of alkyl halides is 6. The van der Waals surface area contributed by atoms with Gasteiger partial charge in [0.2, 0.25) is 0 Å². The standard InChI is InChI=1S/C18H21F6NO2Si2/c1-28(26-13-17(19,20)21,15-9-5-3-6-10-15)25-29(2,27-14-18(22,23)24)16-11-7-4-8-12-16/h3-12,25H,13-14H2,1-2H3. The molecule has 0 aliphatic rings. The van der Waals surface area contributed by atoms with E-state index in [1.807, 2.05) is 0 Å². The summed E-state index contributed by atoms with van der Waals surface area (Å²) in [5.74, 6) is 0. The topological polar surface area (TPSA) is 30.5 Å². The quantitative estimate of drug-likeness (QED) is 0.489. The van der Waals surface area contributed by atoms with Gasteiger partial charge in [-0.05, 0) is 23.5 Å². The lowest BCUT2D eigenvalue weighted by Gasteiger charge is -2.38. The molecule has 2 aromatic carbocycles. The van der Waals surface area contributed by atoms with E-state index in [9.17, 15) is 26.3 Å². The zero-order chi connectivity index (χ0) is 21.8. The average Bonchev–Trinajstić information content (AvgIpc) is 2.65. The van der Waals surface area contributed by atoms with Crippen molar-refractivity contribution in [3.05, 3.63) is 60.7 Å². The van der Waals surface area contributed by atoms with Gasteiger partial charge in [0.05, 0.1) is 0 Å². The third-order valence-electron chi connectivity index (χ3n) is 4.18. The van der Waals surface area contributed by atoms with Gasteiger partial charge in [-0.2, -0.15) is 26.3 Å². The molecule has 11 heteroatoms. The second kappa shape index (κ2) is 9.00. The van der Waals surface area contributed by atoms with E-state index >= 15 is 0 Å². The number of rotatable bonds is 8. The Morgan fingerprint density at radius 3 is 1.24 bits per heavy atom. The minimum atomic E-state index is -4.58. The molecular weight excluding hydrogens is 432 g/mol. The lowest BCUT2D eigenvalue weighted by atomic mass is 10.4. The number of nitrogens with one attached hydrogen (secondary N) is 1. The van der Waals surface area contributed by atoms with Crippen LogP contribution in [0.4, 0.5) is 26.3 Å². The highest BCUT2D eigenvalue weighted by Gasteiger charge is 2.47. The molecule has 0 amide bonds. The predicted molar refractivity (Wildman–Crippen MR) is 103 cm³/mol. The number of hydrogen-bond acceptors (Lipinski definition) is 3. The zero-order valence-electron chi connectivity index (χ0n) is 15.8. The molecule has 0 radical (unpaired) electrons. The van der Waals surface area contributed by atoms with Gasteiger partial charge < -0.3 is 13.5 Å². The van der Waals surface area contributed by atoms with E-state index in [1.165, 1.54) is 13.1 Å². The first-order chi connectivity index (χ1) is 13.3. The van der Waals surface area contributed by atoms with Crippen molar-refractivity contribution in [2.45, 2.75) is 25.4 Å². The van der Waals surface area contributed by atoms with Gasteiger partial charge >= 0.3 is 12.4 Å². The van der Waals surface area contributed by atoms with Crippen molar-refractivity contribution in [1.82, 2.24) is 4.65 Å². The first-order valence-corrected chi connectivity index (χ1v) is 13.5. The molecule has 29 heavy (non-hydrogen) atoms. The summed E-state index contributed by atoms with van der Waals surface area (Å²) in [5.41, 5.74) is 0. The van der Waals surface area contributed by atoms with Crippen molar-refractivity contribution in [2.24, 2.45) is 0 Å². The molecular formula is C18H21F6NO2Si2. The van der Waals surface area contributed by atoms with Crippen LogP contribution in [0.2, 0.25) is 13.1 Å². The van der Waals surface area contributed by atoms with E-state index in [0.29, 0.717) is 10.4 Å². The van der Waals surface area contributed by atoms with Crippen LogP contribution in [0, 0.1) is 0 Å². The fourth-order valence-corrected chi connectivity index (χ4v) is 11.1. The fraction of sp³-hybridized carbons (Fsp3) is 0.333. The van der Waals surface area contributed by atoms with Crippen molar-refractivity contribution >= 4 is 27.3 Å². The fourth-order valence-electron chi connectivity index (χ4n) is 2.80. The van der Waals surface area contributed by atoms with Crippen molar-refractivity contribution < 1.29 is 35.2 Å². The minimum absolute atomic E-state index is 0.467. The van der Waals surface area contributed by atoms with Crippen LogP contribution in [-0.4, -0.2) is 42.5 Å². The Hall–Kier alpha value is -1.67. The van der Waals surface area contributed by atoms with Gasteiger partial charge in [0.25, 0.3) is 17.0 Å². The van der Waals surface area contributed by atoms with Gasteiger partial charge in [-0.3, -0.25) is 0 Å². The maximum atomic E-state index is 12.9. The van der Waals surface area contributed by atoms with Crippen LogP contribution >= 0.6 is 0 Å². The van der Waals surface area contributed by atoms with Gasteiger partial charge in [0, 0.05) is 0 Å². The van der Waals surface area contributed by atoms with E-state index in [0.717, 1.165) is 0 Å². The first-order valence-electron chi connectivity index (χ1n) is 8.65. The van der Waals surface area contributed by atoms with Crippen LogP contribution in [-0.2, 0) is 8.85 Å². The van der Waals surface area contributed by atoms with E-state index in [2.05, 4.69) is 4.65 Å². The highest BCUT2D eigenvalue weighted by Crippen LogP contribution is 2.21. The van der Waals surface area contributed by atoms with Crippen LogP contribution in [0.25, 0.3) is 0 Å².